The van der Waals surface area contributed by atoms with Crippen LogP contribution < -0.4 is 15.8 Å². The third-order valence-corrected chi connectivity index (χ3v) is 7.67. The number of aromatic nitrogens is 3. The summed E-state index contributed by atoms with van der Waals surface area (Å²) in [6.07, 6.45) is 7.15. The van der Waals surface area contributed by atoms with Gasteiger partial charge in [-0.2, -0.15) is 16.9 Å². The number of nitrogens with one attached hydrogen (secondary N) is 1. The van der Waals surface area contributed by atoms with E-state index in [1.807, 2.05) is 54.8 Å². The zero-order valence-electron chi connectivity index (χ0n) is 22.6. The molecule has 0 spiro atoms. The number of benzene rings is 2. The van der Waals surface area contributed by atoms with Crippen LogP contribution in [0.2, 0.25) is 10.0 Å². The summed E-state index contributed by atoms with van der Waals surface area (Å²) in [7, 11) is 0. The van der Waals surface area contributed by atoms with E-state index in [4.69, 9.17) is 38.8 Å². The third-order valence-electron chi connectivity index (χ3n) is 6.32. The maximum Gasteiger partial charge on any atom is 0.240 e. The van der Waals surface area contributed by atoms with Crippen LogP contribution in [-0.4, -0.2) is 51.2 Å². The Kier molecular flexibility index (Phi) is 11.1. The van der Waals surface area contributed by atoms with Crippen LogP contribution in [0.1, 0.15) is 24.0 Å². The molecule has 8 nitrogen and oxygen atoms in total. The van der Waals surface area contributed by atoms with E-state index in [1.165, 1.54) is 0 Å². The zero-order valence-corrected chi connectivity index (χ0v) is 24.9. The normalized spacial score (nSPS) is 11.7. The van der Waals surface area contributed by atoms with Gasteiger partial charge in [-0.15, -0.1) is 0 Å². The van der Waals surface area contributed by atoms with Gasteiger partial charge in [0.15, 0.2) is 0 Å². The van der Waals surface area contributed by atoms with Crippen LogP contribution in [0.4, 0.5) is 0 Å². The molecule has 0 aliphatic carbocycles. The summed E-state index contributed by atoms with van der Waals surface area (Å²) in [5, 5.41) is 8.49. The fourth-order valence-corrected chi connectivity index (χ4v) is 4.98. The molecule has 0 fully saturated rings. The van der Waals surface area contributed by atoms with Gasteiger partial charge in [0.2, 0.25) is 17.7 Å². The lowest BCUT2D eigenvalue weighted by Crippen LogP contribution is -2.45. The number of pyridine rings is 1. The Morgan fingerprint density at radius 3 is 2.59 bits per heavy atom. The van der Waals surface area contributed by atoms with Gasteiger partial charge in [0.1, 0.15) is 11.7 Å². The predicted molar refractivity (Wildman–Crippen MR) is 165 cm³/mol. The number of nitrogens with zero attached hydrogens (tertiary/aromatic N) is 3. The molecule has 2 aromatic carbocycles. The average molecular weight is 613 g/mol. The van der Waals surface area contributed by atoms with Gasteiger partial charge >= 0.3 is 0 Å². The first-order valence-corrected chi connectivity index (χ1v) is 15.2. The number of nitrogens with two attached hydrogens (primary N) is 1. The number of halogens is 2. The SMILES string of the molecule is CSCCc1c(-c2cccnc2)nn(-c2ccc(Cl)c(Cl)c2)c1OCCCC(=O)N[C@@H](Cc1ccccc1)C(N)=O. The second-order valence-corrected chi connectivity index (χ2v) is 11.1. The van der Waals surface area contributed by atoms with Crippen molar-refractivity contribution in [3.8, 4) is 22.8 Å². The highest BCUT2D eigenvalue weighted by Crippen LogP contribution is 2.35. The van der Waals surface area contributed by atoms with Crippen molar-refractivity contribution >= 4 is 46.8 Å². The van der Waals surface area contributed by atoms with E-state index in [9.17, 15) is 9.59 Å². The highest BCUT2D eigenvalue weighted by Gasteiger charge is 2.23. The Labute approximate surface area is 253 Å². The van der Waals surface area contributed by atoms with Crippen molar-refractivity contribution in [3.05, 3.63) is 94.2 Å². The predicted octanol–water partition coefficient (Wildman–Crippen LogP) is 5.52. The maximum atomic E-state index is 12.7. The lowest BCUT2D eigenvalue weighted by atomic mass is 10.1. The molecule has 2 aromatic heterocycles. The summed E-state index contributed by atoms with van der Waals surface area (Å²) in [5.74, 6) is 0.570. The number of hydrogen-bond donors (Lipinski definition) is 2. The van der Waals surface area contributed by atoms with Crippen molar-refractivity contribution in [3.63, 3.8) is 0 Å². The standard InChI is InChI=1S/C30H31Cl2N5O3S/c1-41-16-13-23-28(21-9-5-14-34-19-21)36-37(22-11-12-24(31)25(32)18-22)30(23)40-15-6-10-27(38)35-26(29(33)39)17-20-7-3-2-4-8-20/h2-5,7-9,11-12,14,18-19,26H,6,10,13,15-17H2,1H3,(H2,33,39)(H,35,38)/t26-/m0/s1. The quantitative estimate of drug-likeness (QED) is 0.182. The van der Waals surface area contributed by atoms with E-state index >= 15 is 0 Å². The first-order chi connectivity index (χ1) is 19.9. The minimum atomic E-state index is -0.790. The molecular formula is C30H31Cl2N5O3S. The number of amides is 2. The highest BCUT2D eigenvalue weighted by atomic mass is 35.5. The summed E-state index contributed by atoms with van der Waals surface area (Å²) >= 11 is 14.2. The minimum absolute atomic E-state index is 0.162. The van der Waals surface area contributed by atoms with Crippen molar-refractivity contribution in [2.24, 2.45) is 5.73 Å². The van der Waals surface area contributed by atoms with Crippen LogP contribution in [0.3, 0.4) is 0 Å². The number of thioether (sulfide) groups is 1. The van der Waals surface area contributed by atoms with Crippen LogP contribution in [0, 0.1) is 0 Å². The molecule has 214 valence electrons. The Morgan fingerprint density at radius 1 is 1.10 bits per heavy atom. The lowest BCUT2D eigenvalue weighted by Gasteiger charge is -2.16. The van der Waals surface area contributed by atoms with E-state index in [0.29, 0.717) is 40.9 Å². The van der Waals surface area contributed by atoms with E-state index < -0.39 is 11.9 Å². The van der Waals surface area contributed by atoms with Gasteiger partial charge in [0.25, 0.3) is 0 Å². The smallest absolute Gasteiger partial charge is 0.240 e. The van der Waals surface area contributed by atoms with Crippen LogP contribution in [0.5, 0.6) is 5.88 Å². The summed E-state index contributed by atoms with van der Waals surface area (Å²) in [5.41, 5.74) is 9.71. The van der Waals surface area contributed by atoms with Gasteiger partial charge in [0.05, 0.1) is 22.3 Å². The molecular weight excluding hydrogens is 581 g/mol. The molecule has 0 aliphatic rings. The van der Waals surface area contributed by atoms with E-state index in [1.54, 1.807) is 41.0 Å². The summed E-state index contributed by atoms with van der Waals surface area (Å²) in [6.45, 7) is 0.249. The molecule has 0 saturated carbocycles. The van der Waals surface area contributed by atoms with E-state index in [-0.39, 0.29) is 18.9 Å². The number of rotatable bonds is 14. The lowest BCUT2D eigenvalue weighted by molar-refractivity contribution is -0.127. The molecule has 0 saturated heterocycles. The van der Waals surface area contributed by atoms with Crippen molar-refractivity contribution in [2.45, 2.75) is 31.7 Å². The Morgan fingerprint density at radius 2 is 1.90 bits per heavy atom. The molecule has 4 aromatic rings. The molecule has 1 atom stereocenters. The summed E-state index contributed by atoms with van der Waals surface area (Å²) < 4.78 is 8.03. The molecule has 4 rings (SSSR count). The largest absolute Gasteiger partial charge is 0.477 e. The fraction of sp³-hybridized carbons (Fsp3) is 0.267. The van der Waals surface area contributed by atoms with Gasteiger partial charge in [-0.3, -0.25) is 14.6 Å². The minimum Gasteiger partial charge on any atom is -0.477 e. The van der Waals surface area contributed by atoms with Gasteiger partial charge < -0.3 is 15.8 Å². The highest BCUT2D eigenvalue weighted by molar-refractivity contribution is 7.98. The van der Waals surface area contributed by atoms with Gasteiger partial charge in [0, 0.05) is 36.4 Å². The zero-order chi connectivity index (χ0) is 29.2. The second-order valence-electron chi connectivity index (χ2n) is 9.29. The van der Waals surface area contributed by atoms with Crippen LogP contribution in [-0.2, 0) is 22.4 Å². The molecule has 2 heterocycles. The summed E-state index contributed by atoms with van der Waals surface area (Å²) in [6, 6.07) is 17.7. The number of carbonyl (C=O) groups is 2. The van der Waals surface area contributed by atoms with Crippen LogP contribution in [0.15, 0.2) is 73.1 Å². The first kappa shape index (κ1) is 30.4. The number of ether oxygens (including phenoxy) is 1. The summed E-state index contributed by atoms with van der Waals surface area (Å²) in [4.78, 5) is 28.9. The van der Waals surface area contributed by atoms with E-state index in [0.717, 1.165) is 28.1 Å². The Balaban J connectivity index is 1.51. The van der Waals surface area contributed by atoms with Gasteiger partial charge in [-0.05, 0) is 60.7 Å². The van der Waals surface area contributed by atoms with Gasteiger partial charge in [-0.25, -0.2) is 4.68 Å². The molecule has 41 heavy (non-hydrogen) atoms. The fourth-order valence-electron chi connectivity index (χ4n) is 4.28. The van der Waals surface area contributed by atoms with Gasteiger partial charge in [-0.1, -0.05) is 53.5 Å². The molecule has 0 unspecified atom stereocenters. The monoisotopic (exact) mass is 611 g/mol. The second kappa shape index (κ2) is 14.9. The maximum absolute atomic E-state index is 12.7. The first-order valence-electron chi connectivity index (χ1n) is 13.1. The number of hydrogen-bond acceptors (Lipinski definition) is 6. The number of carbonyl (C=O) groups excluding carboxylic acids is 2. The Hall–Kier alpha value is -3.53. The third kappa shape index (κ3) is 8.25. The molecule has 11 heteroatoms. The molecule has 0 bridgehead atoms. The van der Waals surface area contributed by atoms with E-state index in [2.05, 4.69) is 10.3 Å². The Bertz CT molecular complexity index is 1470. The molecule has 0 aliphatic heterocycles. The molecule has 3 N–H and O–H groups in total. The van der Waals surface area contributed by atoms with Crippen molar-refractivity contribution in [1.29, 1.82) is 0 Å². The molecule has 0 radical (unpaired) electrons. The van der Waals surface area contributed by atoms with Crippen LogP contribution >= 0.6 is 35.0 Å². The molecule has 2 amide bonds. The number of primary amides is 1. The van der Waals surface area contributed by atoms with Crippen molar-refractivity contribution < 1.29 is 14.3 Å². The topological polar surface area (TPSA) is 112 Å². The van der Waals surface area contributed by atoms with Crippen molar-refractivity contribution in [2.75, 3.05) is 18.6 Å². The van der Waals surface area contributed by atoms with Crippen LogP contribution in [0.25, 0.3) is 16.9 Å². The van der Waals surface area contributed by atoms with Crippen molar-refractivity contribution in [1.82, 2.24) is 20.1 Å². The average Bonchev–Trinajstić information content (AvgIpc) is 3.34.